The third kappa shape index (κ3) is 1.67. The molecule has 1 aromatic carbocycles. The van der Waals surface area contributed by atoms with Crippen molar-refractivity contribution in [2.45, 2.75) is 12.3 Å². The molecule has 1 saturated carbocycles. The number of carboxylic acid groups (broad SMARTS) is 1. The van der Waals surface area contributed by atoms with E-state index in [0.29, 0.717) is 5.56 Å². The first-order valence-electron chi connectivity index (χ1n) is 5.09. The Morgan fingerprint density at radius 2 is 2.00 bits per heavy atom. The zero-order valence-corrected chi connectivity index (χ0v) is 9.14. The summed E-state index contributed by atoms with van der Waals surface area (Å²) in [7, 11) is 1.16. The summed E-state index contributed by atoms with van der Waals surface area (Å²) in [6, 6.07) is 5.48. The number of esters is 1. The molecular formula is C12H11FO4. The molecule has 0 aromatic heterocycles. The van der Waals surface area contributed by atoms with E-state index in [1.165, 1.54) is 24.3 Å². The van der Waals surface area contributed by atoms with Crippen molar-refractivity contribution in [1.29, 1.82) is 0 Å². The van der Waals surface area contributed by atoms with Crippen LogP contribution in [0.2, 0.25) is 0 Å². The fourth-order valence-electron chi connectivity index (χ4n) is 2.09. The molecule has 0 spiro atoms. The SMILES string of the molecule is COC(=O)C1(C(=O)O)CC1c1ccc(F)cc1. The van der Waals surface area contributed by atoms with Crippen LogP contribution in [0.3, 0.4) is 0 Å². The summed E-state index contributed by atoms with van der Waals surface area (Å²) in [6.07, 6.45) is 0.195. The molecule has 0 radical (unpaired) electrons. The molecule has 5 heteroatoms. The van der Waals surface area contributed by atoms with Crippen LogP contribution in [0.25, 0.3) is 0 Å². The second kappa shape index (κ2) is 3.84. The first-order chi connectivity index (χ1) is 8.02. The summed E-state index contributed by atoms with van der Waals surface area (Å²) in [5, 5.41) is 9.12. The lowest BCUT2D eigenvalue weighted by Crippen LogP contribution is -2.28. The number of carboxylic acids is 1. The summed E-state index contributed by atoms with van der Waals surface area (Å²) < 4.78 is 17.3. The molecule has 90 valence electrons. The van der Waals surface area contributed by atoms with Crippen molar-refractivity contribution in [3.05, 3.63) is 35.6 Å². The molecule has 17 heavy (non-hydrogen) atoms. The maximum Gasteiger partial charge on any atom is 0.323 e. The van der Waals surface area contributed by atoms with Gasteiger partial charge in [0.1, 0.15) is 5.82 Å². The van der Waals surface area contributed by atoms with E-state index in [9.17, 15) is 14.0 Å². The van der Waals surface area contributed by atoms with Gasteiger partial charge < -0.3 is 9.84 Å². The van der Waals surface area contributed by atoms with E-state index >= 15 is 0 Å². The van der Waals surface area contributed by atoms with Gasteiger partial charge in [-0.05, 0) is 24.1 Å². The van der Waals surface area contributed by atoms with Gasteiger partial charge in [0.2, 0.25) is 0 Å². The van der Waals surface area contributed by atoms with Gasteiger partial charge in [-0.2, -0.15) is 0 Å². The molecule has 0 aliphatic heterocycles. The molecule has 4 nitrogen and oxygen atoms in total. The standard InChI is InChI=1S/C12H11FO4/c1-17-11(16)12(10(14)15)6-9(12)7-2-4-8(13)5-3-7/h2-5,9H,6H2,1H3,(H,14,15). The Labute approximate surface area is 97.0 Å². The van der Waals surface area contributed by atoms with Gasteiger partial charge in [0.05, 0.1) is 7.11 Å². The zero-order chi connectivity index (χ0) is 12.6. The fourth-order valence-corrected chi connectivity index (χ4v) is 2.09. The third-order valence-corrected chi connectivity index (χ3v) is 3.16. The number of aliphatic carboxylic acids is 1. The second-order valence-corrected chi connectivity index (χ2v) is 4.08. The van der Waals surface area contributed by atoms with E-state index in [2.05, 4.69) is 4.74 Å². The number of benzene rings is 1. The highest BCUT2D eigenvalue weighted by Crippen LogP contribution is 2.60. The van der Waals surface area contributed by atoms with E-state index in [1.807, 2.05) is 0 Å². The summed E-state index contributed by atoms with van der Waals surface area (Å²) in [4.78, 5) is 22.7. The normalized spacial score (nSPS) is 26.4. The number of rotatable bonds is 3. The minimum Gasteiger partial charge on any atom is -0.480 e. The Bertz CT molecular complexity index is 468. The number of hydrogen-bond donors (Lipinski definition) is 1. The van der Waals surface area contributed by atoms with Gasteiger partial charge in [-0.15, -0.1) is 0 Å². The van der Waals surface area contributed by atoms with Gasteiger partial charge in [-0.3, -0.25) is 9.59 Å². The molecule has 1 aromatic rings. The van der Waals surface area contributed by atoms with Crippen LogP contribution in [0.1, 0.15) is 17.9 Å². The number of halogens is 1. The molecule has 1 aliphatic carbocycles. The van der Waals surface area contributed by atoms with Crippen LogP contribution in [0.5, 0.6) is 0 Å². The molecule has 0 bridgehead atoms. The molecular weight excluding hydrogens is 227 g/mol. The van der Waals surface area contributed by atoms with Crippen LogP contribution in [0.15, 0.2) is 24.3 Å². The molecule has 2 atom stereocenters. The van der Waals surface area contributed by atoms with Gasteiger partial charge in [0.15, 0.2) is 5.41 Å². The van der Waals surface area contributed by atoms with Gasteiger partial charge in [-0.25, -0.2) is 4.39 Å². The first-order valence-corrected chi connectivity index (χ1v) is 5.09. The van der Waals surface area contributed by atoms with E-state index in [4.69, 9.17) is 5.11 Å². The predicted molar refractivity (Wildman–Crippen MR) is 55.8 cm³/mol. The zero-order valence-electron chi connectivity index (χ0n) is 9.14. The first kappa shape index (κ1) is 11.6. The molecule has 2 rings (SSSR count). The molecule has 2 unspecified atom stereocenters. The molecule has 0 saturated heterocycles. The summed E-state index contributed by atoms with van der Waals surface area (Å²) in [5.41, 5.74) is -0.855. The van der Waals surface area contributed by atoms with Crippen molar-refractivity contribution in [2.24, 2.45) is 5.41 Å². The molecule has 1 N–H and O–H groups in total. The summed E-state index contributed by atoms with van der Waals surface area (Å²) in [5.74, 6) is -2.78. The highest BCUT2D eigenvalue weighted by molar-refractivity contribution is 6.04. The number of carbonyl (C=O) groups is 2. The monoisotopic (exact) mass is 238 g/mol. The quantitative estimate of drug-likeness (QED) is 0.641. The number of methoxy groups -OCH3 is 1. The minimum absolute atomic E-state index is 0.195. The largest absolute Gasteiger partial charge is 0.480 e. The van der Waals surface area contributed by atoms with Gasteiger partial charge in [0, 0.05) is 5.92 Å². The third-order valence-electron chi connectivity index (χ3n) is 3.16. The summed E-state index contributed by atoms with van der Waals surface area (Å²) >= 11 is 0. The van der Waals surface area contributed by atoms with Gasteiger partial charge in [-0.1, -0.05) is 12.1 Å². The van der Waals surface area contributed by atoms with Crippen molar-refractivity contribution in [2.75, 3.05) is 7.11 Å². The lowest BCUT2D eigenvalue weighted by Gasteiger charge is -2.09. The number of hydrogen-bond acceptors (Lipinski definition) is 3. The van der Waals surface area contributed by atoms with Crippen molar-refractivity contribution in [1.82, 2.24) is 0 Å². The average molecular weight is 238 g/mol. The maximum atomic E-state index is 12.7. The fraction of sp³-hybridized carbons (Fsp3) is 0.333. The molecule has 1 fully saturated rings. The highest BCUT2D eigenvalue weighted by atomic mass is 19.1. The van der Waals surface area contributed by atoms with E-state index in [1.54, 1.807) is 0 Å². The topological polar surface area (TPSA) is 63.6 Å². The van der Waals surface area contributed by atoms with Crippen molar-refractivity contribution >= 4 is 11.9 Å². The maximum absolute atomic E-state index is 12.7. The lowest BCUT2D eigenvalue weighted by atomic mass is 9.99. The van der Waals surface area contributed by atoms with Crippen molar-refractivity contribution in [3.8, 4) is 0 Å². The number of ether oxygens (including phenoxy) is 1. The van der Waals surface area contributed by atoms with Gasteiger partial charge >= 0.3 is 11.9 Å². The van der Waals surface area contributed by atoms with Crippen LogP contribution in [-0.4, -0.2) is 24.2 Å². The van der Waals surface area contributed by atoms with E-state index in [-0.39, 0.29) is 6.42 Å². The van der Waals surface area contributed by atoms with Crippen LogP contribution in [-0.2, 0) is 14.3 Å². The van der Waals surface area contributed by atoms with E-state index < -0.39 is 29.1 Å². The Morgan fingerprint density at radius 1 is 1.41 bits per heavy atom. The Morgan fingerprint density at radius 3 is 2.47 bits per heavy atom. The Kier molecular flexibility index (Phi) is 2.61. The predicted octanol–water partition coefficient (Wildman–Crippen LogP) is 1.56. The highest BCUT2D eigenvalue weighted by Gasteiger charge is 2.67. The second-order valence-electron chi connectivity index (χ2n) is 4.08. The van der Waals surface area contributed by atoms with Crippen LogP contribution in [0.4, 0.5) is 4.39 Å². The summed E-state index contributed by atoms with van der Waals surface area (Å²) in [6.45, 7) is 0. The average Bonchev–Trinajstić information content (AvgIpc) is 3.05. The van der Waals surface area contributed by atoms with Crippen molar-refractivity contribution in [3.63, 3.8) is 0 Å². The number of carbonyl (C=O) groups excluding carboxylic acids is 1. The Hall–Kier alpha value is -1.91. The van der Waals surface area contributed by atoms with Gasteiger partial charge in [0.25, 0.3) is 0 Å². The lowest BCUT2D eigenvalue weighted by molar-refractivity contribution is -0.159. The molecule has 0 amide bonds. The van der Waals surface area contributed by atoms with Crippen LogP contribution < -0.4 is 0 Å². The molecule has 1 aliphatic rings. The molecule has 0 heterocycles. The smallest absolute Gasteiger partial charge is 0.323 e. The van der Waals surface area contributed by atoms with Crippen LogP contribution in [0, 0.1) is 11.2 Å². The minimum atomic E-state index is -1.49. The van der Waals surface area contributed by atoms with Crippen molar-refractivity contribution < 1.29 is 23.8 Å². The Balaban J connectivity index is 2.29. The van der Waals surface area contributed by atoms with Crippen LogP contribution >= 0.6 is 0 Å². The van der Waals surface area contributed by atoms with E-state index in [0.717, 1.165) is 7.11 Å².